The molecule has 1 aromatic rings. The molecule has 1 aromatic heterocycles. The molecule has 1 heterocycles. The van der Waals surface area contributed by atoms with Crippen molar-refractivity contribution in [3.8, 4) is 0 Å². The van der Waals surface area contributed by atoms with Crippen LogP contribution < -0.4 is 5.32 Å². The SMILES string of the molecule is CC1CCC(N(C)Cc2csc(CNC3CC3)n2)CC1. The average Bonchev–Trinajstić information content (AvgIpc) is 3.17. The van der Waals surface area contributed by atoms with Gasteiger partial charge in [0, 0.05) is 30.6 Å². The number of hydrogen-bond donors (Lipinski definition) is 1. The van der Waals surface area contributed by atoms with Crippen LogP contribution >= 0.6 is 11.3 Å². The van der Waals surface area contributed by atoms with Crippen molar-refractivity contribution in [1.29, 1.82) is 0 Å². The van der Waals surface area contributed by atoms with Crippen molar-refractivity contribution in [2.24, 2.45) is 5.92 Å². The maximum absolute atomic E-state index is 4.77. The second-order valence-electron chi connectivity index (χ2n) is 6.72. The summed E-state index contributed by atoms with van der Waals surface area (Å²) < 4.78 is 0. The van der Waals surface area contributed by atoms with Crippen LogP contribution in [-0.2, 0) is 13.1 Å². The van der Waals surface area contributed by atoms with E-state index >= 15 is 0 Å². The summed E-state index contributed by atoms with van der Waals surface area (Å²) in [4.78, 5) is 7.29. The Labute approximate surface area is 126 Å². The fraction of sp³-hybridized carbons (Fsp3) is 0.812. The van der Waals surface area contributed by atoms with Gasteiger partial charge in [-0.15, -0.1) is 11.3 Å². The summed E-state index contributed by atoms with van der Waals surface area (Å²) in [7, 11) is 2.27. The first-order valence-electron chi connectivity index (χ1n) is 8.07. The van der Waals surface area contributed by atoms with Crippen molar-refractivity contribution >= 4 is 11.3 Å². The topological polar surface area (TPSA) is 28.2 Å². The molecule has 1 N–H and O–H groups in total. The Kier molecular flexibility index (Phi) is 4.74. The van der Waals surface area contributed by atoms with Gasteiger partial charge in [-0.05, 0) is 51.5 Å². The Morgan fingerprint density at radius 2 is 2.00 bits per heavy atom. The lowest BCUT2D eigenvalue weighted by Crippen LogP contribution is -2.34. The van der Waals surface area contributed by atoms with Crippen molar-refractivity contribution in [2.45, 2.75) is 70.6 Å². The van der Waals surface area contributed by atoms with Crippen molar-refractivity contribution in [1.82, 2.24) is 15.2 Å². The van der Waals surface area contributed by atoms with E-state index in [-0.39, 0.29) is 0 Å². The molecule has 2 fully saturated rings. The van der Waals surface area contributed by atoms with Crippen LogP contribution in [0.25, 0.3) is 0 Å². The predicted molar refractivity (Wildman–Crippen MR) is 84.9 cm³/mol. The second-order valence-corrected chi connectivity index (χ2v) is 7.66. The summed E-state index contributed by atoms with van der Waals surface area (Å²) in [6.07, 6.45) is 8.20. The van der Waals surface area contributed by atoms with Gasteiger partial charge in [0.15, 0.2) is 0 Å². The standard InChI is InChI=1S/C16H27N3S/c1-12-3-7-15(8-4-12)19(2)10-14-11-20-16(18-14)9-17-13-5-6-13/h11-13,15,17H,3-10H2,1-2H3. The quantitative estimate of drug-likeness (QED) is 0.871. The molecule has 20 heavy (non-hydrogen) atoms. The minimum atomic E-state index is 0.765. The molecule has 4 heteroatoms. The van der Waals surface area contributed by atoms with Gasteiger partial charge in [-0.2, -0.15) is 0 Å². The first-order valence-corrected chi connectivity index (χ1v) is 8.95. The number of thiazole rings is 1. The van der Waals surface area contributed by atoms with Crippen molar-refractivity contribution in [3.63, 3.8) is 0 Å². The van der Waals surface area contributed by atoms with Crippen LogP contribution in [0.4, 0.5) is 0 Å². The maximum Gasteiger partial charge on any atom is 0.107 e. The molecular formula is C16H27N3S. The summed E-state index contributed by atoms with van der Waals surface area (Å²) in [5.74, 6) is 0.930. The summed E-state index contributed by atoms with van der Waals surface area (Å²) in [6, 6.07) is 1.54. The fourth-order valence-corrected chi connectivity index (χ4v) is 3.83. The first kappa shape index (κ1) is 14.5. The third-order valence-corrected chi connectivity index (χ3v) is 5.64. The van der Waals surface area contributed by atoms with E-state index in [1.54, 1.807) is 0 Å². The highest BCUT2D eigenvalue weighted by Crippen LogP contribution is 2.27. The Morgan fingerprint density at radius 1 is 1.25 bits per heavy atom. The highest BCUT2D eigenvalue weighted by atomic mass is 32.1. The van der Waals surface area contributed by atoms with Crippen LogP contribution in [0.2, 0.25) is 0 Å². The van der Waals surface area contributed by atoms with Gasteiger partial charge in [0.2, 0.25) is 0 Å². The van der Waals surface area contributed by atoms with Gasteiger partial charge >= 0.3 is 0 Å². The second kappa shape index (κ2) is 6.54. The molecule has 2 saturated carbocycles. The summed E-state index contributed by atoms with van der Waals surface area (Å²) >= 11 is 1.81. The van der Waals surface area contributed by atoms with Gasteiger partial charge in [0.25, 0.3) is 0 Å². The average molecular weight is 293 g/mol. The lowest BCUT2D eigenvalue weighted by Gasteiger charge is -2.33. The number of rotatable bonds is 6. The van der Waals surface area contributed by atoms with Gasteiger partial charge in [-0.25, -0.2) is 4.98 Å². The summed E-state index contributed by atoms with van der Waals surface area (Å²) in [5.41, 5.74) is 1.25. The van der Waals surface area contributed by atoms with E-state index in [9.17, 15) is 0 Å². The van der Waals surface area contributed by atoms with Gasteiger partial charge in [0.1, 0.15) is 5.01 Å². The van der Waals surface area contributed by atoms with Crippen LogP contribution in [0.3, 0.4) is 0 Å². The monoisotopic (exact) mass is 293 g/mol. The van der Waals surface area contributed by atoms with Crippen LogP contribution in [0, 0.1) is 5.92 Å². The summed E-state index contributed by atoms with van der Waals surface area (Å²) in [6.45, 7) is 4.36. The normalized spacial score (nSPS) is 27.1. The Balaban J connectivity index is 1.46. The van der Waals surface area contributed by atoms with Crippen LogP contribution in [0.15, 0.2) is 5.38 Å². The first-order chi connectivity index (χ1) is 9.70. The lowest BCUT2D eigenvalue weighted by molar-refractivity contribution is 0.162. The van der Waals surface area contributed by atoms with E-state index in [1.165, 1.54) is 49.2 Å². The third kappa shape index (κ3) is 4.03. The fourth-order valence-electron chi connectivity index (χ4n) is 3.09. The largest absolute Gasteiger partial charge is 0.308 e. The van der Waals surface area contributed by atoms with E-state index in [0.717, 1.165) is 31.1 Å². The molecule has 0 atom stereocenters. The molecule has 3 nitrogen and oxygen atoms in total. The number of hydrogen-bond acceptors (Lipinski definition) is 4. The third-order valence-electron chi connectivity index (χ3n) is 4.74. The maximum atomic E-state index is 4.77. The van der Waals surface area contributed by atoms with Crippen LogP contribution in [0.1, 0.15) is 56.2 Å². The molecule has 0 aliphatic heterocycles. The lowest BCUT2D eigenvalue weighted by atomic mass is 9.87. The molecule has 0 saturated heterocycles. The van der Waals surface area contributed by atoms with E-state index in [4.69, 9.17) is 4.98 Å². The van der Waals surface area contributed by atoms with Gasteiger partial charge in [0.05, 0.1) is 5.69 Å². The molecule has 0 aromatic carbocycles. The molecule has 2 aliphatic carbocycles. The molecule has 0 amide bonds. The zero-order valence-corrected chi connectivity index (χ0v) is 13.6. The van der Waals surface area contributed by atoms with E-state index in [1.807, 2.05) is 11.3 Å². The predicted octanol–water partition coefficient (Wildman–Crippen LogP) is 3.41. The molecule has 112 valence electrons. The minimum Gasteiger partial charge on any atom is -0.308 e. The van der Waals surface area contributed by atoms with Gasteiger partial charge in [-0.3, -0.25) is 4.90 Å². The molecular weight excluding hydrogens is 266 g/mol. The molecule has 0 spiro atoms. The molecule has 0 bridgehead atoms. The molecule has 0 radical (unpaired) electrons. The molecule has 3 rings (SSSR count). The number of aromatic nitrogens is 1. The Bertz CT molecular complexity index is 419. The highest BCUT2D eigenvalue weighted by molar-refractivity contribution is 7.09. The smallest absolute Gasteiger partial charge is 0.107 e. The van der Waals surface area contributed by atoms with Gasteiger partial charge < -0.3 is 5.32 Å². The zero-order chi connectivity index (χ0) is 13.9. The molecule has 2 aliphatic rings. The minimum absolute atomic E-state index is 0.765. The molecule has 0 unspecified atom stereocenters. The van der Waals surface area contributed by atoms with Crippen LogP contribution in [0.5, 0.6) is 0 Å². The Morgan fingerprint density at radius 3 is 2.70 bits per heavy atom. The van der Waals surface area contributed by atoms with E-state index in [2.05, 4.69) is 29.6 Å². The van der Waals surface area contributed by atoms with E-state index < -0.39 is 0 Å². The number of nitrogens with one attached hydrogen (secondary N) is 1. The number of nitrogens with zero attached hydrogens (tertiary/aromatic N) is 2. The Hall–Kier alpha value is -0.450. The van der Waals surface area contributed by atoms with Crippen molar-refractivity contribution < 1.29 is 0 Å². The zero-order valence-electron chi connectivity index (χ0n) is 12.8. The van der Waals surface area contributed by atoms with E-state index in [0.29, 0.717) is 0 Å². The van der Waals surface area contributed by atoms with Crippen molar-refractivity contribution in [3.05, 3.63) is 16.1 Å². The summed E-state index contributed by atoms with van der Waals surface area (Å²) in [5, 5.41) is 7.03. The van der Waals surface area contributed by atoms with Gasteiger partial charge in [-0.1, -0.05) is 6.92 Å². The highest BCUT2D eigenvalue weighted by Gasteiger charge is 2.23. The van der Waals surface area contributed by atoms with Crippen LogP contribution in [-0.4, -0.2) is 29.0 Å². The van der Waals surface area contributed by atoms with Crippen molar-refractivity contribution in [2.75, 3.05) is 7.05 Å².